The Labute approximate surface area is 155 Å². The largest absolute Gasteiger partial charge is 0.356 e. The van der Waals surface area contributed by atoms with E-state index in [9.17, 15) is 0 Å². The number of fused-ring (bicyclic) bond motifs is 1. The zero-order valence-electron chi connectivity index (χ0n) is 16.5. The van der Waals surface area contributed by atoms with Gasteiger partial charge in [-0.2, -0.15) is 9.61 Å². The van der Waals surface area contributed by atoms with Crippen LogP contribution in [0.15, 0.2) is 30.3 Å². The monoisotopic (exact) mass is 348 g/mol. The van der Waals surface area contributed by atoms with Crippen molar-refractivity contribution >= 4 is 11.5 Å². The molecule has 136 valence electrons. The van der Waals surface area contributed by atoms with Crippen molar-refractivity contribution in [1.29, 1.82) is 0 Å². The molecule has 1 saturated heterocycles. The quantitative estimate of drug-likeness (QED) is 0.667. The highest BCUT2D eigenvalue weighted by Gasteiger charge is 2.25. The summed E-state index contributed by atoms with van der Waals surface area (Å²) in [7, 11) is 0. The first-order valence-electron chi connectivity index (χ1n) is 9.61. The molecule has 0 spiro atoms. The zero-order valence-corrected chi connectivity index (χ0v) is 16.5. The third kappa shape index (κ3) is 2.98. The van der Waals surface area contributed by atoms with Gasteiger partial charge in [-0.15, -0.1) is 0 Å². The number of benzene rings is 1. The SMILES string of the molecule is Cc1ccc(-c2c(C)nn3c(N4C[C@H](C)C[C@@H](C)C4)cc(C)nc23)cc1. The Morgan fingerprint density at radius 2 is 1.62 bits per heavy atom. The van der Waals surface area contributed by atoms with Gasteiger partial charge in [-0.3, -0.25) is 0 Å². The molecule has 0 aliphatic carbocycles. The molecule has 0 radical (unpaired) electrons. The van der Waals surface area contributed by atoms with E-state index in [0.29, 0.717) is 11.8 Å². The minimum atomic E-state index is 0.704. The van der Waals surface area contributed by atoms with Gasteiger partial charge in [0, 0.05) is 30.4 Å². The summed E-state index contributed by atoms with van der Waals surface area (Å²) in [6.07, 6.45) is 1.30. The number of aromatic nitrogens is 3. The normalized spacial score (nSPS) is 20.7. The Morgan fingerprint density at radius 3 is 2.27 bits per heavy atom. The lowest BCUT2D eigenvalue weighted by Gasteiger charge is -2.36. The molecule has 0 amide bonds. The van der Waals surface area contributed by atoms with Crippen molar-refractivity contribution < 1.29 is 0 Å². The summed E-state index contributed by atoms with van der Waals surface area (Å²) in [5.74, 6) is 2.58. The van der Waals surface area contributed by atoms with E-state index in [1.165, 1.54) is 23.4 Å². The van der Waals surface area contributed by atoms with Crippen LogP contribution in [0.3, 0.4) is 0 Å². The summed E-state index contributed by atoms with van der Waals surface area (Å²) in [5, 5.41) is 4.89. The minimum absolute atomic E-state index is 0.704. The van der Waals surface area contributed by atoms with Gasteiger partial charge in [-0.25, -0.2) is 4.98 Å². The van der Waals surface area contributed by atoms with Crippen molar-refractivity contribution in [3.8, 4) is 11.1 Å². The topological polar surface area (TPSA) is 33.4 Å². The second kappa shape index (κ2) is 6.42. The van der Waals surface area contributed by atoms with Crippen LogP contribution in [-0.4, -0.2) is 27.7 Å². The molecule has 4 rings (SSSR count). The third-order valence-electron chi connectivity index (χ3n) is 5.41. The highest BCUT2D eigenvalue weighted by Crippen LogP contribution is 2.32. The average Bonchev–Trinajstić information content (AvgIpc) is 2.90. The average molecular weight is 348 g/mol. The van der Waals surface area contributed by atoms with Crippen molar-refractivity contribution in [2.24, 2.45) is 11.8 Å². The molecule has 1 fully saturated rings. The van der Waals surface area contributed by atoms with E-state index in [0.717, 1.165) is 35.7 Å². The van der Waals surface area contributed by atoms with Gasteiger partial charge in [-0.1, -0.05) is 43.7 Å². The molecule has 4 nitrogen and oxygen atoms in total. The molecule has 1 aliphatic rings. The number of nitrogens with zero attached hydrogens (tertiary/aromatic N) is 4. The Morgan fingerprint density at radius 1 is 0.962 bits per heavy atom. The van der Waals surface area contributed by atoms with E-state index in [-0.39, 0.29) is 0 Å². The lowest BCUT2D eigenvalue weighted by molar-refractivity contribution is 0.354. The van der Waals surface area contributed by atoms with Gasteiger partial charge in [0.2, 0.25) is 0 Å². The predicted molar refractivity (Wildman–Crippen MR) is 108 cm³/mol. The van der Waals surface area contributed by atoms with Crippen molar-refractivity contribution in [2.75, 3.05) is 18.0 Å². The summed E-state index contributed by atoms with van der Waals surface area (Å²) >= 11 is 0. The molecule has 2 atom stereocenters. The van der Waals surface area contributed by atoms with Gasteiger partial charge >= 0.3 is 0 Å². The fourth-order valence-electron chi connectivity index (χ4n) is 4.36. The van der Waals surface area contributed by atoms with Crippen LogP contribution in [0.1, 0.15) is 37.2 Å². The van der Waals surface area contributed by atoms with Crippen LogP contribution in [0, 0.1) is 32.6 Å². The van der Waals surface area contributed by atoms with Gasteiger partial charge < -0.3 is 4.90 Å². The zero-order chi connectivity index (χ0) is 18.4. The lowest BCUT2D eigenvalue weighted by atomic mass is 9.92. The van der Waals surface area contributed by atoms with Crippen LogP contribution in [-0.2, 0) is 0 Å². The second-order valence-corrected chi connectivity index (χ2v) is 8.17. The Balaban J connectivity index is 1.88. The number of hydrogen-bond donors (Lipinski definition) is 0. The van der Waals surface area contributed by atoms with Crippen LogP contribution in [0.5, 0.6) is 0 Å². The standard InChI is InChI=1S/C22H28N4/c1-14-6-8-19(9-7-14)21-18(5)24-26-20(11-17(4)23-22(21)26)25-12-15(2)10-16(3)13-25/h6-9,11,15-16H,10,12-13H2,1-5H3/t15-,16-/m1/s1. The number of piperidine rings is 1. The van der Waals surface area contributed by atoms with Crippen LogP contribution in [0.25, 0.3) is 16.8 Å². The molecule has 0 N–H and O–H groups in total. The first-order chi connectivity index (χ1) is 12.4. The van der Waals surface area contributed by atoms with E-state index in [2.05, 4.69) is 74.4 Å². The smallest absolute Gasteiger partial charge is 0.165 e. The number of rotatable bonds is 2. The highest BCUT2D eigenvalue weighted by molar-refractivity contribution is 5.81. The van der Waals surface area contributed by atoms with Crippen molar-refractivity contribution in [3.63, 3.8) is 0 Å². The summed E-state index contributed by atoms with van der Waals surface area (Å²) in [6.45, 7) is 13.2. The molecule has 4 heteroatoms. The molecule has 1 aliphatic heterocycles. The molecule has 0 unspecified atom stereocenters. The van der Waals surface area contributed by atoms with Gasteiger partial charge in [0.05, 0.1) is 5.69 Å². The first kappa shape index (κ1) is 17.1. The fraction of sp³-hybridized carbons (Fsp3) is 0.455. The molecule has 3 heterocycles. The second-order valence-electron chi connectivity index (χ2n) is 8.17. The fourth-order valence-corrected chi connectivity index (χ4v) is 4.36. The molecule has 3 aromatic rings. The lowest BCUT2D eigenvalue weighted by Crippen LogP contribution is -2.39. The number of aryl methyl sites for hydroxylation is 3. The third-order valence-corrected chi connectivity index (χ3v) is 5.41. The molecule has 1 aromatic carbocycles. The first-order valence-corrected chi connectivity index (χ1v) is 9.61. The summed E-state index contributed by atoms with van der Waals surface area (Å²) < 4.78 is 2.06. The van der Waals surface area contributed by atoms with Gasteiger partial charge in [0.15, 0.2) is 5.65 Å². The molecule has 2 aromatic heterocycles. The predicted octanol–water partition coefficient (Wildman–Crippen LogP) is 4.80. The van der Waals surface area contributed by atoms with Gasteiger partial charge in [0.25, 0.3) is 0 Å². The van der Waals surface area contributed by atoms with Crippen molar-refractivity contribution in [2.45, 2.75) is 41.0 Å². The summed E-state index contributed by atoms with van der Waals surface area (Å²) in [5.41, 5.74) is 6.65. The molecular formula is C22H28N4. The van der Waals surface area contributed by atoms with Gasteiger partial charge in [-0.05, 0) is 44.6 Å². The molecule has 0 bridgehead atoms. The Bertz CT molecular complexity index is 929. The molecule has 26 heavy (non-hydrogen) atoms. The summed E-state index contributed by atoms with van der Waals surface area (Å²) in [4.78, 5) is 7.35. The van der Waals surface area contributed by atoms with Crippen molar-refractivity contribution in [1.82, 2.24) is 14.6 Å². The van der Waals surface area contributed by atoms with Crippen LogP contribution < -0.4 is 4.90 Å². The maximum Gasteiger partial charge on any atom is 0.165 e. The molecular weight excluding hydrogens is 320 g/mol. The van der Waals surface area contributed by atoms with E-state index in [1.54, 1.807) is 0 Å². The maximum atomic E-state index is 4.89. The van der Waals surface area contributed by atoms with Crippen LogP contribution in [0.4, 0.5) is 5.82 Å². The van der Waals surface area contributed by atoms with E-state index < -0.39 is 0 Å². The van der Waals surface area contributed by atoms with Crippen LogP contribution >= 0.6 is 0 Å². The molecule has 0 saturated carbocycles. The van der Waals surface area contributed by atoms with E-state index in [4.69, 9.17) is 10.1 Å². The number of anilines is 1. The summed E-state index contributed by atoms with van der Waals surface area (Å²) in [6, 6.07) is 10.8. The van der Waals surface area contributed by atoms with E-state index in [1.807, 2.05) is 0 Å². The highest BCUT2D eigenvalue weighted by atomic mass is 15.4. The van der Waals surface area contributed by atoms with Crippen LogP contribution in [0.2, 0.25) is 0 Å². The Kier molecular flexibility index (Phi) is 4.22. The van der Waals surface area contributed by atoms with Crippen molar-refractivity contribution in [3.05, 3.63) is 47.3 Å². The Hall–Kier alpha value is -2.36. The van der Waals surface area contributed by atoms with E-state index >= 15 is 0 Å². The number of hydrogen-bond acceptors (Lipinski definition) is 3. The van der Waals surface area contributed by atoms with Gasteiger partial charge in [0.1, 0.15) is 5.82 Å². The minimum Gasteiger partial charge on any atom is -0.356 e. The maximum absolute atomic E-state index is 4.89.